The van der Waals surface area contributed by atoms with Crippen LogP contribution in [-0.4, -0.2) is 25.8 Å². The zero-order chi connectivity index (χ0) is 25.1. The van der Waals surface area contributed by atoms with E-state index in [1.165, 1.54) is 0 Å². The van der Waals surface area contributed by atoms with E-state index in [4.69, 9.17) is 9.84 Å². The molecule has 0 aliphatic carbocycles. The molecule has 9 heteroatoms. The van der Waals surface area contributed by atoms with Crippen LogP contribution in [0.15, 0.2) is 91.4 Å². The lowest BCUT2D eigenvalue weighted by Gasteiger charge is -2.14. The van der Waals surface area contributed by atoms with Crippen molar-refractivity contribution in [1.82, 2.24) is 19.7 Å². The summed E-state index contributed by atoms with van der Waals surface area (Å²) in [5.74, 6) is 1.76. The molecule has 37 heavy (non-hydrogen) atoms. The van der Waals surface area contributed by atoms with Gasteiger partial charge in [0, 0.05) is 41.0 Å². The summed E-state index contributed by atoms with van der Waals surface area (Å²) in [6, 6.07) is 22.1. The largest absolute Gasteiger partial charge is 0.456 e. The summed E-state index contributed by atoms with van der Waals surface area (Å²) in [6.07, 6.45) is 5.07. The number of nitrogens with zero attached hydrogens (tertiary/aromatic N) is 4. The first-order valence-electron chi connectivity index (χ1n) is 11.6. The van der Waals surface area contributed by atoms with Gasteiger partial charge in [0.05, 0.1) is 23.1 Å². The second-order valence-corrected chi connectivity index (χ2v) is 9.35. The van der Waals surface area contributed by atoms with Crippen molar-refractivity contribution in [3.63, 3.8) is 0 Å². The van der Waals surface area contributed by atoms with Gasteiger partial charge in [0.1, 0.15) is 17.3 Å². The van der Waals surface area contributed by atoms with Crippen molar-refractivity contribution in [2.75, 3.05) is 10.6 Å². The monoisotopic (exact) mass is 514 g/mol. The van der Waals surface area contributed by atoms with Crippen LogP contribution in [0.3, 0.4) is 0 Å². The molecule has 188 valence electrons. The normalized spacial score (nSPS) is 11.0. The van der Waals surface area contributed by atoms with Gasteiger partial charge >= 0.3 is 6.03 Å². The molecule has 5 aromatic rings. The quantitative estimate of drug-likeness (QED) is 0.264. The second-order valence-electron chi connectivity index (χ2n) is 9.35. The van der Waals surface area contributed by atoms with Gasteiger partial charge in [0.25, 0.3) is 0 Å². The zero-order valence-electron chi connectivity index (χ0n) is 20.7. The smallest absolute Gasteiger partial charge is 0.324 e. The summed E-state index contributed by atoms with van der Waals surface area (Å²) < 4.78 is 7.56. The van der Waals surface area contributed by atoms with Crippen molar-refractivity contribution >= 4 is 40.8 Å². The predicted molar refractivity (Wildman–Crippen MR) is 148 cm³/mol. The van der Waals surface area contributed by atoms with Crippen LogP contribution in [0.2, 0.25) is 0 Å². The topological polar surface area (TPSA) is 94.0 Å². The summed E-state index contributed by atoms with van der Waals surface area (Å²) in [5, 5.41) is 11.6. The third kappa shape index (κ3) is 6.05. The molecule has 3 aromatic heterocycles. The van der Waals surface area contributed by atoms with Crippen molar-refractivity contribution in [2.24, 2.45) is 0 Å². The molecule has 0 aliphatic rings. The zero-order valence-corrected chi connectivity index (χ0v) is 21.5. The van der Waals surface area contributed by atoms with Crippen LogP contribution in [0, 0.1) is 0 Å². The van der Waals surface area contributed by atoms with E-state index < -0.39 is 6.03 Å². The molecule has 0 atom stereocenters. The first kappa shape index (κ1) is 25.7. The summed E-state index contributed by atoms with van der Waals surface area (Å²) in [4.78, 5) is 21.4. The fourth-order valence-corrected chi connectivity index (χ4v) is 3.69. The van der Waals surface area contributed by atoms with Gasteiger partial charge in [-0.1, -0.05) is 32.9 Å². The lowest BCUT2D eigenvalue weighted by molar-refractivity contribution is 0.262. The predicted octanol–water partition coefficient (Wildman–Crippen LogP) is 6.97. The van der Waals surface area contributed by atoms with E-state index in [-0.39, 0.29) is 17.8 Å². The Kier molecular flexibility index (Phi) is 7.40. The number of carbonyl (C=O) groups is 1. The van der Waals surface area contributed by atoms with E-state index in [9.17, 15) is 4.79 Å². The molecule has 0 aliphatic heterocycles. The third-order valence-corrected chi connectivity index (χ3v) is 5.51. The number of aromatic nitrogens is 4. The number of halogens is 1. The van der Waals surface area contributed by atoms with Crippen LogP contribution >= 0.6 is 12.4 Å². The summed E-state index contributed by atoms with van der Waals surface area (Å²) >= 11 is 0. The van der Waals surface area contributed by atoms with E-state index in [0.29, 0.717) is 23.0 Å². The van der Waals surface area contributed by atoms with Crippen LogP contribution in [-0.2, 0) is 5.41 Å². The SMILES string of the molecule is CC(C)(C)c1cc(NC(=O)Nc2cccc(Oc3cccnc3)c2)n(-c2ccc3ncccc3c2)n1.Cl. The first-order valence-corrected chi connectivity index (χ1v) is 11.6. The molecule has 0 saturated heterocycles. The molecule has 2 N–H and O–H groups in total. The van der Waals surface area contributed by atoms with E-state index in [1.807, 2.05) is 54.6 Å². The van der Waals surface area contributed by atoms with E-state index in [0.717, 1.165) is 22.3 Å². The number of rotatable bonds is 5. The molecular weight excluding hydrogens is 488 g/mol. The fourth-order valence-electron chi connectivity index (χ4n) is 3.69. The van der Waals surface area contributed by atoms with E-state index in [2.05, 4.69) is 41.4 Å². The molecule has 8 nitrogen and oxygen atoms in total. The number of nitrogens with one attached hydrogen (secondary N) is 2. The number of amides is 2. The fraction of sp³-hybridized carbons (Fsp3) is 0.143. The standard InChI is InChI=1S/C28H26N6O2.ClH/c1-28(2,3)25-17-26(34(33-25)21-11-12-24-19(15-21)7-5-14-30-24)32-27(35)31-20-8-4-9-22(16-20)36-23-10-6-13-29-18-23;/h4-18H,1-3H3,(H2,31,32,35);1H. The minimum Gasteiger partial charge on any atom is -0.456 e. The minimum absolute atomic E-state index is 0. The Balaban J connectivity index is 0.00000320. The number of urea groups is 1. The Morgan fingerprint density at radius 1 is 0.892 bits per heavy atom. The number of benzene rings is 2. The summed E-state index contributed by atoms with van der Waals surface area (Å²) in [7, 11) is 0. The Labute approximate surface area is 221 Å². The highest BCUT2D eigenvalue weighted by molar-refractivity contribution is 5.99. The Hall–Kier alpha value is -4.43. The van der Waals surface area contributed by atoms with Crippen LogP contribution < -0.4 is 15.4 Å². The summed E-state index contributed by atoms with van der Waals surface area (Å²) in [5.41, 5.74) is 2.97. The van der Waals surface area contributed by atoms with Gasteiger partial charge in [-0.15, -0.1) is 12.4 Å². The van der Waals surface area contributed by atoms with Crippen molar-refractivity contribution in [2.45, 2.75) is 26.2 Å². The third-order valence-electron chi connectivity index (χ3n) is 5.51. The van der Waals surface area contributed by atoms with Gasteiger partial charge in [-0.25, -0.2) is 9.48 Å². The molecule has 0 saturated carbocycles. The second kappa shape index (κ2) is 10.7. The van der Waals surface area contributed by atoms with Gasteiger partial charge in [0.2, 0.25) is 0 Å². The number of pyridine rings is 2. The van der Waals surface area contributed by atoms with Crippen LogP contribution in [0.25, 0.3) is 16.6 Å². The van der Waals surface area contributed by atoms with Gasteiger partial charge in [-0.3, -0.25) is 15.3 Å². The van der Waals surface area contributed by atoms with Crippen molar-refractivity contribution in [1.29, 1.82) is 0 Å². The van der Waals surface area contributed by atoms with Crippen LogP contribution in [0.1, 0.15) is 26.5 Å². The van der Waals surface area contributed by atoms with Gasteiger partial charge < -0.3 is 10.1 Å². The number of hydrogen-bond acceptors (Lipinski definition) is 5. The average molecular weight is 515 g/mol. The van der Waals surface area contributed by atoms with Gasteiger partial charge in [-0.2, -0.15) is 5.10 Å². The highest BCUT2D eigenvalue weighted by Gasteiger charge is 2.22. The minimum atomic E-state index is -0.391. The van der Waals surface area contributed by atoms with E-state index in [1.54, 1.807) is 41.5 Å². The molecular formula is C28H27ClN6O2. The van der Waals surface area contributed by atoms with Crippen molar-refractivity contribution in [3.05, 3.63) is 97.1 Å². The number of anilines is 2. The molecule has 0 unspecified atom stereocenters. The number of hydrogen-bond donors (Lipinski definition) is 2. The maximum absolute atomic E-state index is 13.0. The Morgan fingerprint density at radius 3 is 2.49 bits per heavy atom. The van der Waals surface area contributed by atoms with E-state index >= 15 is 0 Å². The van der Waals surface area contributed by atoms with Crippen LogP contribution in [0.4, 0.5) is 16.3 Å². The molecule has 3 heterocycles. The molecule has 2 aromatic carbocycles. The van der Waals surface area contributed by atoms with Crippen LogP contribution in [0.5, 0.6) is 11.5 Å². The average Bonchev–Trinajstić information content (AvgIpc) is 3.29. The summed E-state index contributed by atoms with van der Waals surface area (Å²) in [6.45, 7) is 6.25. The molecule has 0 bridgehead atoms. The maximum atomic E-state index is 13.0. The molecule has 0 spiro atoms. The lowest BCUT2D eigenvalue weighted by Crippen LogP contribution is -2.21. The number of fused-ring (bicyclic) bond motifs is 1. The van der Waals surface area contributed by atoms with Gasteiger partial charge in [0.15, 0.2) is 0 Å². The number of ether oxygens (including phenoxy) is 1. The molecule has 2 amide bonds. The molecule has 5 rings (SSSR count). The number of carbonyl (C=O) groups excluding carboxylic acids is 1. The highest BCUT2D eigenvalue weighted by atomic mass is 35.5. The van der Waals surface area contributed by atoms with Crippen molar-refractivity contribution in [3.8, 4) is 17.2 Å². The lowest BCUT2D eigenvalue weighted by atomic mass is 9.92. The molecule has 0 radical (unpaired) electrons. The Bertz CT molecular complexity index is 1530. The van der Waals surface area contributed by atoms with Crippen molar-refractivity contribution < 1.29 is 9.53 Å². The maximum Gasteiger partial charge on any atom is 0.324 e. The Morgan fingerprint density at radius 2 is 1.70 bits per heavy atom. The highest BCUT2D eigenvalue weighted by Crippen LogP contribution is 2.28. The first-order chi connectivity index (χ1) is 17.3. The van der Waals surface area contributed by atoms with Gasteiger partial charge in [-0.05, 0) is 48.5 Å². The molecule has 0 fully saturated rings.